The minimum Gasteiger partial charge on any atom is -0.264 e. The normalized spacial score (nSPS) is 11.6. The Morgan fingerprint density at radius 3 is 2.26 bits per heavy atom. The van der Waals surface area contributed by atoms with Gasteiger partial charge in [-0.25, -0.2) is 4.39 Å². The molecule has 2 rings (SSSR count). The number of nitro benzene ring substituents is 1. The molecular weight excluding hydrogens is 249 g/mol. The molecule has 0 N–H and O–H groups in total. The van der Waals surface area contributed by atoms with Gasteiger partial charge >= 0.3 is 0 Å². The summed E-state index contributed by atoms with van der Waals surface area (Å²) in [5, 5.41) is 14.8. The highest BCUT2D eigenvalue weighted by atomic mass is 19.1. The first-order valence-electron chi connectivity index (χ1n) is 5.79. The molecule has 1 heterocycles. The van der Waals surface area contributed by atoms with Crippen LogP contribution >= 0.6 is 0 Å². The zero-order valence-electron chi connectivity index (χ0n) is 10.9. The number of rotatable bonds is 2. The fraction of sp³-hybridized carbons (Fsp3) is 0.308. The lowest BCUT2D eigenvalue weighted by Gasteiger charge is -2.18. The SMILES string of the molecule is CC(C)(C)n1cc(F)c(-c2ccc([N+](=O)[O-])cc2)n1. The molecule has 2 aromatic rings. The topological polar surface area (TPSA) is 61.0 Å². The van der Waals surface area contributed by atoms with Crippen LogP contribution in [0.5, 0.6) is 0 Å². The number of benzene rings is 1. The molecule has 0 atom stereocenters. The number of nitro groups is 1. The first kappa shape index (κ1) is 13.2. The second-order valence-electron chi connectivity index (χ2n) is 5.25. The highest BCUT2D eigenvalue weighted by molar-refractivity contribution is 5.61. The molecule has 1 aromatic carbocycles. The third-order valence-corrected chi connectivity index (χ3v) is 2.71. The van der Waals surface area contributed by atoms with E-state index in [2.05, 4.69) is 5.10 Å². The molecular formula is C13H14FN3O2. The van der Waals surface area contributed by atoms with E-state index in [-0.39, 0.29) is 16.9 Å². The predicted molar refractivity (Wildman–Crippen MR) is 69.3 cm³/mol. The van der Waals surface area contributed by atoms with Gasteiger partial charge in [0.25, 0.3) is 5.69 Å². The van der Waals surface area contributed by atoms with E-state index in [1.54, 1.807) is 4.68 Å². The summed E-state index contributed by atoms with van der Waals surface area (Å²) < 4.78 is 15.4. The molecule has 0 amide bonds. The van der Waals surface area contributed by atoms with Crippen molar-refractivity contribution in [3.05, 3.63) is 46.4 Å². The Morgan fingerprint density at radius 1 is 1.26 bits per heavy atom. The summed E-state index contributed by atoms with van der Waals surface area (Å²) in [6.07, 6.45) is 1.33. The van der Waals surface area contributed by atoms with Crippen LogP contribution in [0.2, 0.25) is 0 Å². The second kappa shape index (κ2) is 4.46. The Morgan fingerprint density at radius 2 is 1.84 bits per heavy atom. The molecule has 0 aliphatic heterocycles. The number of nitrogens with zero attached hydrogens (tertiary/aromatic N) is 3. The third-order valence-electron chi connectivity index (χ3n) is 2.71. The molecule has 0 saturated heterocycles. The minimum absolute atomic E-state index is 0.0283. The average molecular weight is 263 g/mol. The van der Waals surface area contributed by atoms with Crippen molar-refractivity contribution in [3.63, 3.8) is 0 Å². The van der Waals surface area contributed by atoms with Crippen molar-refractivity contribution in [3.8, 4) is 11.3 Å². The van der Waals surface area contributed by atoms with E-state index >= 15 is 0 Å². The van der Waals surface area contributed by atoms with E-state index in [0.717, 1.165) is 0 Å². The monoisotopic (exact) mass is 263 g/mol. The highest BCUT2D eigenvalue weighted by Gasteiger charge is 2.19. The Kier molecular flexibility index (Phi) is 3.09. The largest absolute Gasteiger partial charge is 0.269 e. The zero-order valence-corrected chi connectivity index (χ0v) is 10.9. The maximum absolute atomic E-state index is 13.9. The van der Waals surface area contributed by atoms with Crippen molar-refractivity contribution in [2.24, 2.45) is 0 Å². The lowest BCUT2D eigenvalue weighted by molar-refractivity contribution is -0.384. The van der Waals surface area contributed by atoms with Gasteiger partial charge < -0.3 is 0 Å². The van der Waals surface area contributed by atoms with Crippen LogP contribution < -0.4 is 0 Å². The van der Waals surface area contributed by atoms with Crippen molar-refractivity contribution in [2.75, 3.05) is 0 Å². The van der Waals surface area contributed by atoms with Crippen LogP contribution in [0, 0.1) is 15.9 Å². The Hall–Kier alpha value is -2.24. The standard InChI is InChI=1S/C13H14FN3O2/c1-13(2,3)16-8-11(14)12(15-16)9-4-6-10(7-5-9)17(18)19/h4-8H,1-3H3. The molecule has 0 fully saturated rings. The molecule has 6 heteroatoms. The van der Waals surface area contributed by atoms with Crippen molar-refractivity contribution in [1.82, 2.24) is 9.78 Å². The molecule has 19 heavy (non-hydrogen) atoms. The lowest BCUT2D eigenvalue weighted by atomic mass is 10.1. The Bertz CT molecular complexity index is 612. The van der Waals surface area contributed by atoms with Crippen LogP contribution in [0.15, 0.2) is 30.5 Å². The summed E-state index contributed by atoms with van der Waals surface area (Å²) in [7, 11) is 0. The van der Waals surface area contributed by atoms with Gasteiger partial charge in [-0.1, -0.05) is 0 Å². The minimum atomic E-state index is -0.492. The molecule has 1 aromatic heterocycles. The molecule has 5 nitrogen and oxygen atoms in total. The van der Waals surface area contributed by atoms with Crippen LogP contribution in [-0.2, 0) is 5.54 Å². The fourth-order valence-corrected chi connectivity index (χ4v) is 1.63. The van der Waals surface area contributed by atoms with Crippen molar-refractivity contribution in [1.29, 1.82) is 0 Å². The van der Waals surface area contributed by atoms with Gasteiger partial charge in [-0.2, -0.15) is 5.10 Å². The number of hydrogen-bond acceptors (Lipinski definition) is 3. The molecule has 100 valence electrons. The quantitative estimate of drug-likeness (QED) is 0.616. The molecule has 0 spiro atoms. The first-order valence-corrected chi connectivity index (χ1v) is 5.79. The number of non-ortho nitro benzene ring substituents is 1. The van der Waals surface area contributed by atoms with Gasteiger partial charge in [-0.15, -0.1) is 0 Å². The van der Waals surface area contributed by atoms with Crippen molar-refractivity contribution < 1.29 is 9.31 Å². The van der Waals surface area contributed by atoms with Crippen molar-refractivity contribution in [2.45, 2.75) is 26.3 Å². The van der Waals surface area contributed by atoms with Gasteiger partial charge in [0, 0.05) is 17.7 Å². The van der Waals surface area contributed by atoms with Gasteiger partial charge in [-0.3, -0.25) is 14.8 Å². The van der Waals surface area contributed by atoms with Crippen molar-refractivity contribution >= 4 is 5.69 Å². The lowest BCUT2D eigenvalue weighted by Crippen LogP contribution is -2.22. The van der Waals surface area contributed by atoms with E-state index in [1.807, 2.05) is 20.8 Å². The molecule has 0 aliphatic carbocycles. The summed E-state index contributed by atoms with van der Waals surface area (Å²) in [5.41, 5.74) is 0.371. The van der Waals surface area contributed by atoms with Gasteiger partial charge in [0.1, 0.15) is 5.69 Å². The smallest absolute Gasteiger partial charge is 0.264 e. The van der Waals surface area contributed by atoms with Gasteiger partial charge in [0.2, 0.25) is 0 Å². The zero-order chi connectivity index (χ0) is 14.2. The predicted octanol–water partition coefficient (Wildman–Crippen LogP) is 3.35. The summed E-state index contributed by atoms with van der Waals surface area (Å²) in [5.74, 6) is -0.441. The number of hydrogen-bond donors (Lipinski definition) is 0. The summed E-state index contributed by atoms with van der Waals surface area (Å²) in [4.78, 5) is 10.1. The molecule has 0 bridgehead atoms. The van der Waals surface area contributed by atoms with E-state index < -0.39 is 10.7 Å². The van der Waals surface area contributed by atoms with E-state index in [1.165, 1.54) is 30.5 Å². The maximum Gasteiger partial charge on any atom is 0.269 e. The highest BCUT2D eigenvalue weighted by Crippen LogP contribution is 2.25. The van der Waals surface area contributed by atoms with Gasteiger partial charge in [0.15, 0.2) is 5.82 Å². The van der Waals surface area contributed by atoms with Crippen LogP contribution in [0.25, 0.3) is 11.3 Å². The van der Waals surface area contributed by atoms with E-state index in [4.69, 9.17) is 0 Å². The number of halogens is 1. The third kappa shape index (κ3) is 2.62. The average Bonchev–Trinajstić information content (AvgIpc) is 2.71. The van der Waals surface area contributed by atoms with Gasteiger partial charge in [-0.05, 0) is 32.9 Å². The van der Waals surface area contributed by atoms with Crippen LogP contribution in [0.1, 0.15) is 20.8 Å². The Labute approximate surface area is 109 Å². The van der Waals surface area contributed by atoms with Crippen LogP contribution in [0.3, 0.4) is 0 Å². The van der Waals surface area contributed by atoms with Crippen LogP contribution in [0.4, 0.5) is 10.1 Å². The first-order chi connectivity index (χ1) is 8.79. The molecule has 0 saturated carbocycles. The second-order valence-corrected chi connectivity index (χ2v) is 5.25. The van der Waals surface area contributed by atoms with Gasteiger partial charge in [0.05, 0.1) is 16.7 Å². The fourth-order valence-electron chi connectivity index (χ4n) is 1.63. The maximum atomic E-state index is 13.9. The summed E-state index contributed by atoms with van der Waals surface area (Å²) in [6.45, 7) is 5.75. The van der Waals surface area contributed by atoms with Crippen LogP contribution in [-0.4, -0.2) is 14.7 Å². The summed E-state index contributed by atoms with van der Waals surface area (Å²) in [6, 6.07) is 5.67. The molecule has 0 aliphatic rings. The van der Waals surface area contributed by atoms with E-state index in [0.29, 0.717) is 5.56 Å². The molecule has 0 radical (unpaired) electrons. The Balaban J connectivity index is 2.42. The number of aromatic nitrogens is 2. The summed E-state index contributed by atoms with van der Waals surface area (Å²) >= 11 is 0. The molecule has 0 unspecified atom stereocenters. The van der Waals surface area contributed by atoms with E-state index in [9.17, 15) is 14.5 Å².